The van der Waals surface area contributed by atoms with Crippen molar-refractivity contribution in [3.05, 3.63) is 76.1 Å². The molecular weight excluding hydrogens is 328 g/mol. The van der Waals surface area contributed by atoms with Crippen LogP contribution in [-0.2, 0) is 7.05 Å². The van der Waals surface area contributed by atoms with Crippen LogP contribution in [0.25, 0.3) is 11.1 Å². The normalized spacial score (nSPS) is 10.8. The maximum absolute atomic E-state index is 12.3. The summed E-state index contributed by atoms with van der Waals surface area (Å²) in [5.74, 6) is -0.374. The lowest BCUT2D eigenvalue weighted by molar-refractivity contribution is 0.421. The maximum atomic E-state index is 12.3. The molecule has 0 aliphatic heterocycles. The lowest BCUT2D eigenvalue weighted by Crippen LogP contribution is -2.18. The maximum Gasteiger partial charge on any atom is 0.281 e. The Kier molecular flexibility index (Phi) is 4.63. The summed E-state index contributed by atoms with van der Waals surface area (Å²) in [4.78, 5) is 12.3. The molecule has 0 radical (unpaired) electrons. The van der Waals surface area contributed by atoms with Crippen LogP contribution in [0.4, 0.5) is 11.4 Å². The summed E-state index contributed by atoms with van der Waals surface area (Å²) in [5.41, 5.74) is 2.57. The minimum Gasteiger partial charge on any atom is -0.493 e. The Bertz CT molecular complexity index is 1080. The summed E-state index contributed by atoms with van der Waals surface area (Å²) in [6, 6.07) is 19.3. The molecule has 128 valence electrons. The Morgan fingerprint density at radius 1 is 1.00 bits per heavy atom. The first-order valence-electron chi connectivity index (χ1n) is 7.93. The van der Waals surface area contributed by atoms with E-state index in [1.807, 2.05) is 48.5 Å². The van der Waals surface area contributed by atoms with Gasteiger partial charge in [0.25, 0.3) is 5.56 Å². The second-order valence-electron chi connectivity index (χ2n) is 5.76. The van der Waals surface area contributed by atoms with Crippen molar-refractivity contribution in [1.82, 2.24) is 4.57 Å². The quantitative estimate of drug-likeness (QED) is 0.716. The molecule has 0 amide bonds. The average Bonchev–Trinajstić information content (AvgIpc) is 2.68. The lowest BCUT2D eigenvalue weighted by atomic mass is 10.1. The zero-order valence-electron chi connectivity index (χ0n) is 14.3. The van der Waals surface area contributed by atoms with Gasteiger partial charge in [0.15, 0.2) is 5.69 Å². The van der Waals surface area contributed by atoms with Crippen LogP contribution < -0.4 is 5.56 Å². The van der Waals surface area contributed by atoms with Crippen molar-refractivity contribution < 1.29 is 5.11 Å². The van der Waals surface area contributed by atoms with Crippen molar-refractivity contribution in [1.29, 1.82) is 5.26 Å². The average molecular weight is 344 g/mol. The third-order valence-electron chi connectivity index (χ3n) is 4.13. The van der Waals surface area contributed by atoms with Gasteiger partial charge in [-0.15, -0.1) is 5.11 Å². The fourth-order valence-electron chi connectivity index (χ4n) is 2.58. The largest absolute Gasteiger partial charge is 0.493 e. The summed E-state index contributed by atoms with van der Waals surface area (Å²) in [7, 11) is 1.38. The number of nitrogens with zero attached hydrogens (tertiary/aromatic N) is 4. The summed E-state index contributed by atoms with van der Waals surface area (Å²) >= 11 is 0. The molecule has 0 atom stereocenters. The highest BCUT2D eigenvalue weighted by Gasteiger charge is 2.16. The van der Waals surface area contributed by atoms with Gasteiger partial charge in [0.2, 0.25) is 5.88 Å². The molecule has 2 aromatic carbocycles. The number of hydrogen-bond acceptors (Lipinski definition) is 5. The van der Waals surface area contributed by atoms with Crippen LogP contribution in [0.2, 0.25) is 0 Å². The van der Waals surface area contributed by atoms with Crippen LogP contribution >= 0.6 is 0 Å². The molecule has 6 heteroatoms. The zero-order valence-corrected chi connectivity index (χ0v) is 14.3. The summed E-state index contributed by atoms with van der Waals surface area (Å²) < 4.78 is 0.985. The van der Waals surface area contributed by atoms with Crippen LogP contribution in [0.15, 0.2) is 69.6 Å². The molecule has 0 saturated heterocycles. The van der Waals surface area contributed by atoms with E-state index in [-0.39, 0.29) is 17.1 Å². The van der Waals surface area contributed by atoms with Gasteiger partial charge in [0.1, 0.15) is 11.6 Å². The number of pyridine rings is 1. The molecule has 0 saturated carbocycles. The molecular formula is C20H16N4O2. The van der Waals surface area contributed by atoms with E-state index >= 15 is 0 Å². The first-order valence-corrected chi connectivity index (χ1v) is 7.93. The van der Waals surface area contributed by atoms with E-state index in [2.05, 4.69) is 10.2 Å². The Morgan fingerprint density at radius 3 is 2.23 bits per heavy atom. The van der Waals surface area contributed by atoms with E-state index in [0.717, 1.165) is 15.7 Å². The molecule has 0 fully saturated rings. The standard InChI is InChI=1S/C20H16N4O2/c1-13-17(12-21)19(25)24(2)20(26)18(13)23-22-16-10-8-15(9-11-16)14-6-4-3-5-7-14/h3-11,25H,1-2H3. The Hall–Kier alpha value is -3.72. The zero-order chi connectivity index (χ0) is 18.7. The number of azo groups is 1. The highest BCUT2D eigenvalue weighted by atomic mass is 16.3. The summed E-state index contributed by atoms with van der Waals surface area (Å²) in [6.45, 7) is 1.56. The van der Waals surface area contributed by atoms with E-state index in [0.29, 0.717) is 11.3 Å². The van der Waals surface area contributed by atoms with E-state index < -0.39 is 5.56 Å². The van der Waals surface area contributed by atoms with Gasteiger partial charge in [0, 0.05) is 12.6 Å². The van der Waals surface area contributed by atoms with Gasteiger partial charge in [-0.05, 0) is 30.2 Å². The van der Waals surface area contributed by atoms with E-state index in [1.54, 1.807) is 19.1 Å². The predicted octanol–water partition coefficient (Wildman–Crippen LogP) is 4.35. The monoisotopic (exact) mass is 344 g/mol. The molecule has 1 N–H and O–H groups in total. The SMILES string of the molecule is Cc1c(C#N)c(O)n(C)c(=O)c1N=Nc1ccc(-c2ccccc2)cc1. The highest BCUT2D eigenvalue weighted by molar-refractivity contribution is 5.65. The second-order valence-corrected chi connectivity index (χ2v) is 5.76. The van der Waals surface area contributed by atoms with Crippen LogP contribution in [0.5, 0.6) is 5.88 Å². The van der Waals surface area contributed by atoms with Gasteiger partial charge in [-0.2, -0.15) is 10.4 Å². The van der Waals surface area contributed by atoms with Crippen molar-refractivity contribution >= 4 is 11.4 Å². The first-order chi connectivity index (χ1) is 12.5. The fraction of sp³-hybridized carbons (Fsp3) is 0.100. The highest BCUT2D eigenvalue weighted by Crippen LogP contribution is 2.27. The minimum absolute atomic E-state index is 0.0143. The van der Waals surface area contributed by atoms with Crippen molar-refractivity contribution in [2.24, 2.45) is 17.3 Å². The lowest BCUT2D eigenvalue weighted by Gasteiger charge is -2.08. The Morgan fingerprint density at radius 2 is 1.62 bits per heavy atom. The topological polar surface area (TPSA) is 90.7 Å². The summed E-state index contributed by atoms with van der Waals surface area (Å²) in [5, 5.41) is 27.2. The molecule has 0 aliphatic rings. The molecule has 3 rings (SSSR count). The van der Waals surface area contributed by atoms with Crippen LogP contribution in [0.3, 0.4) is 0 Å². The number of aromatic hydroxyl groups is 1. The Balaban J connectivity index is 1.95. The van der Waals surface area contributed by atoms with Gasteiger partial charge in [-0.1, -0.05) is 42.5 Å². The molecule has 3 aromatic rings. The molecule has 0 unspecified atom stereocenters. The van der Waals surface area contributed by atoms with E-state index in [1.165, 1.54) is 7.05 Å². The van der Waals surface area contributed by atoms with Crippen molar-refractivity contribution in [3.63, 3.8) is 0 Å². The Labute approximate surface area is 150 Å². The molecule has 0 bridgehead atoms. The minimum atomic E-state index is -0.511. The predicted molar refractivity (Wildman–Crippen MR) is 98.9 cm³/mol. The van der Waals surface area contributed by atoms with E-state index in [9.17, 15) is 9.90 Å². The van der Waals surface area contributed by atoms with Gasteiger partial charge >= 0.3 is 0 Å². The molecule has 1 aromatic heterocycles. The van der Waals surface area contributed by atoms with Crippen molar-refractivity contribution in [2.45, 2.75) is 6.92 Å². The number of hydrogen-bond donors (Lipinski definition) is 1. The number of rotatable bonds is 3. The van der Waals surface area contributed by atoms with Crippen LogP contribution in [0, 0.1) is 18.3 Å². The first kappa shape index (κ1) is 17.1. The van der Waals surface area contributed by atoms with Crippen molar-refractivity contribution in [2.75, 3.05) is 0 Å². The summed E-state index contributed by atoms with van der Waals surface area (Å²) in [6.07, 6.45) is 0. The smallest absolute Gasteiger partial charge is 0.281 e. The van der Waals surface area contributed by atoms with Gasteiger partial charge in [-0.3, -0.25) is 9.36 Å². The fourth-order valence-corrected chi connectivity index (χ4v) is 2.58. The van der Waals surface area contributed by atoms with Gasteiger partial charge in [0.05, 0.1) is 5.69 Å². The number of nitriles is 1. The molecule has 0 spiro atoms. The molecule has 0 aliphatic carbocycles. The number of benzene rings is 2. The van der Waals surface area contributed by atoms with Gasteiger partial charge < -0.3 is 5.11 Å². The van der Waals surface area contributed by atoms with Crippen LogP contribution in [0.1, 0.15) is 11.1 Å². The molecule has 6 nitrogen and oxygen atoms in total. The third kappa shape index (κ3) is 3.10. The van der Waals surface area contributed by atoms with Crippen molar-refractivity contribution in [3.8, 4) is 23.1 Å². The second kappa shape index (κ2) is 7.03. The molecule has 1 heterocycles. The number of aromatic nitrogens is 1. The molecule has 26 heavy (non-hydrogen) atoms. The van der Waals surface area contributed by atoms with Crippen LogP contribution in [-0.4, -0.2) is 9.67 Å². The van der Waals surface area contributed by atoms with E-state index in [4.69, 9.17) is 5.26 Å². The third-order valence-corrected chi connectivity index (χ3v) is 4.13. The van der Waals surface area contributed by atoms with Gasteiger partial charge in [-0.25, -0.2) is 0 Å².